The summed E-state index contributed by atoms with van der Waals surface area (Å²) in [6.45, 7) is 9.12. The Morgan fingerprint density at radius 2 is 1.88 bits per heavy atom. The molecule has 1 aliphatic carbocycles. The van der Waals surface area contributed by atoms with Crippen molar-refractivity contribution in [3.63, 3.8) is 0 Å². The first kappa shape index (κ1) is 35.3. The molecule has 0 saturated heterocycles. The largest absolute Gasteiger partial charge is 0.524 e. The third kappa shape index (κ3) is 5.61. The van der Waals surface area contributed by atoms with Gasteiger partial charge in [-0.05, 0) is 48.9 Å². The summed E-state index contributed by atoms with van der Waals surface area (Å²) in [7, 11) is 4.50. The molecule has 8 nitrogen and oxygen atoms in total. The normalized spacial score (nSPS) is 18.9. The van der Waals surface area contributed by atoms with Gasteiger partial charge in [0.05, 0.1) is 36.9 Å². The number of ether oxygens (including phenoxy) is 1. The van der Waals surface area contributed by atoms with Crippen LogP contribution in [0.1, 0.15) is 79.5 Å². The van der Waals surface area contributed by atoms with Gasteiger partial charge in [-0.25, -0.2) is 14.2 Å². The molecule has 0 unspecified atom stereocenters. The van der Waals surface area contributed by atoms with Crippen molar-refractivity contribution in [1.82, 2.24) is 14.9 Å². The molecule has 0 bridgehead atoms. The van der Waals surface area contributed by atoms with E-state index in [4.69, 9.17) is 9.72 Å². The summed E-state index contributed by atoms with van der Waals surface area (Å²) in [5.74, 6) is -1.15. The topological polar surface area (TPSA) is 111 Å². The number of nitrogens with one attached hydrogen (secondary N) is 1. The van der Waals surface area contributed by atoms with Crippen molar-refractivity contribution in [2.45, 2.75) is 85.0 Å². The summed E-state index contributed by atoms with van der Waals surface area (Å²) in [4.78, 5) is 41.9. The molecule has 1 aromatic carbocycles. The minimum atomic E-state index is -1.93. The number of carbonyl (C=O) groups is 1. The SMILES string of the molecule is CCC.CC[C@@]1(O)C(=O)OCc2c1cc1n(c2=O)Cc2c-1nc1cc(F)c(C)c3c1c2[C@@H](N[C-]=O)CC3.[B]C.[U].[V]. The van der Waals surface area contributed by atoms with Crippen LogP contribution in [-0.4, -0.2) is 34.9 Å². The Morgan fingerprint density at radius 3 is 2.49 bits per heavy atom. The van der Waals surface area contributed by atoms with Crippen LogP contribution in [0.25, 0.3) is 22.3 Å². The van der Waals surface area contributed by atoms with Crippen LogP contribution in [0, 0.1) is 43.9 Å². The zero-order valence-electron chi connectivity index (χ0n) is 23.9. The first-order chi connectivity index (χ1) is 18.7. The summed E-state index contributed by atoms with van der Waals surface area (Å²) in [6, 6.07) is 2.65. The van der Waals surface area contributed by atoms with E-state index in [2.05, 4.69) is 27.0 Å². The molecule has 2 N–H and O–H groups in total. The van der Waals surface area contributed by atoms with Crippen molar-refractivity contribution in [2.24, 2.45) is 0 Å². The molecule has 2 aliphatic heterocycles. The molecule has 12 heteroatoms. The third-order valence-electron chi connectivity index (χ3n) is 7.61. The average molecular weight is 821 g/mol. The standard InChI is InChI=1S/C25H21FN3O5.C3H8.CH3B.U.V/c1-3-25(33)15-6-19-22-13(8-29(19)23(31)14(15)9-34-24(25)32)21-17(27-10-30)5-4-12-11(2)16(26)7-18(28-22)20(12)21;1-3-2;1-2;;/h6-7,17,33H,3-5,8-9H2,1-2H3,(H,27,30);3H2,1-2H3;1H3;;/q-1;;;;/t17-,25-;;;;/m0..../s1. The Kier molecular flexibility index (Phi) is 12.1. The number of fused-ring (bicyclic) bond motifs is 5. The van der Waals surface area contributed by atoms with Crippen molar-refractivity contribution in [3.8, 4) is 11.4 Å². The summed E-state index contributed by atoms with van der Waals surface area (Å²) in [5, 5.41) is 14.6. The quantitative estimate of drug-likeness (QED) is 0.141. The molecule has 3 aromatic rings. The van der Waals surface area contributed by atoms with Gasteiger partial charge in [-0.2, -0.15) is 6.41 Å². The molecule has 213 valence electrons. The molecular formula is C29H32BFN3O5UV-. The number of esters is 1. The Morgan fingerprint density at radius 1 is 1.22 bits per heavy atom. The van der Waals surface area contributed by atoms with E-state index in [0.717, 1.165) is 22.1 Å². The minimum absolute atomic E-state index is 0. The van der Waals surface area contributed by atoms with Gasteiger partial charge in [-0.3, -0.25) is 4.79 Å². The van der Waals surface area contributed by atoms with Gasteiger partial charge in [0, 0.05) is 78.3 Å². The Labute approximate surface area is 275 Å². The molecule has 2 aromatic heterocycles. The molecule has 0 fully saturated rings. The average Bonchev–Trinajstić information content (AvgIpc) is 3.30. The molecule has 41 heavy (non-hydrogen) atoms. The zero-order valence-corrected chi connectivity index (χ0v) is 29.4. The first-order valence-corrected chi connectivity index (χ1v) is 13.2. The molecule has 3 radical (unpaired) electrons. The number of nitrogens with zero attached hydrogens (tertiary/aromatic N) is 2. The molecule has 4 heterocycles. The summed E-state index contributed by atoms with van der Waals surface area (Å²) < 4.78 is 21.4. The monoisotopic (exact) mass is 821 g/mol. The second-order valence-corrected chi connectivity index (χ2v) is 9.86. The van der Waals surface area contributed by atoms with E-state index in [9.17, 15) is 23.9 Å². The summed E-state index contributed by atoms with van der Waals surface area (Å²) in [6.07, 6.45) is 4.22. The number of aryl methyl sites for hydroxylation is 1. The van der Waals surface area contributed by atoms with E-state index < -0.39 is 11.6 Å². The second kappa shape index (κ2) is 14.1. The van der Waals surface area contributed by atoms with Crippen LogP contribution in [0.2, 0.25) is 6.82 Å². The van der Waals surface area contributed by atoms with Crippen molar-refractivity contribution in [1.29, 1.82) is 0 Å². The van der Waals surface area contributed by atoms with E-state index in [1.165, 1.54) is 19.3 Å². The zero-order chi connectivity index (χ0) is 28.6. The van der Waals surface area contributed by atoms with Gasteiger partial charge in [0.15, 0.2) is 5.60 Å². The van der Waals surface area contributed by atoms with Crippen LogP contribution >= 0.6 is 0 Å². The number of benzene rings is 1. The molecule has 3 aliphatic rings. The molecule has 0 saturated carbocycles. The van der Waals surface area contributed by atoms with Crippen molar-refractivity contribution in [2.75, 3.05) is 0 Å². The predicted molar refractivity (Wildman–Crippen MR) is 147 cm³/mol. The molecular weight excluding hydrogens is 789 g/mol. The molecule has 6 rings (SSSR count). The number of rotatable bonds is 3. The number of cyclic esters (lactones) is 1. The van der Waals surface area contributed by atoms with Crippen molar-refractivity contribution < 1.29 is 73.5 Å². The molecule has 1 amide bonds. The minimum Gasteiger partial charge on any atom is -0.524 e. The van der Waals surface area contributed by atoms with Gasteiger partial charge < -0.3 is 24.5 Å². The second-order valence-electron chi connectivity index (χ2n) is 9.86. The van der Waals surface area contributed by atoms with Crippen LogP contribution in [0.5, 0.6) is 0 Å². The fraction of sp³-hybridized carbons (Fsp3) is 0.448. The fourth-order valence-electron chi connectivity index (χ4n) is 5.77. The van der Waals surface area contributed by atoms with E-state index in [0.29, 0.717) is 35.3 Å². The summed E-state index contributed by atoms with van der Waals surface area (Å²) in [5.41, 5.74) is 2.50. The Hall–Kier alpha value is -1.89. The van der Waals surface area contributed by atoms with Crippen LogP contribution in [0.15, 0.2) is 16.9 Å². The van der Waals surface area contributed by atoms with Gasteiger partial charge in [0.1, 0.15) is 12.4 Å². The predicted octanol–water partition coefficient (Wildman–Crippen LogP) is 3.79. The maximum absolute atomic E-state index is 14.8. The Bertz CT molecular complexity index is 1550. The number of carbonyl (C=O) groups excluding carboxylic acids is 2. The van der Waals surface area contributed by atoms with Gasteiger partial charge >= 0.3 is 5.97 Å². The van der Waals surface area contributed by atoms with Crippen LogP contribution in [0.3, 0.4) is 0 Å². The maximum atomic E-state index is 14.8. The Balaban J connectivity index is 0.000000791. The number of halogens is 1. The smallest absolute Gasteiger partial charge is 0.343 e. The molecule has 2 atom stereocenters. The van der Waals surface area contributed by atoms with Gasteiger partial charge in [-0.1, -0.05) is 34.0 Å². The van der Waals surface area contributed by atoms with E-state index in [1.807, 2.05) is 0 Å². The van der Waals surface area contributed by atoms with Gasteiger partial charge in [0.25, 0.3) is 5.56 Å². The van der Waals surface area contributed by atoms with E-state index >= 15 is 0 Å². The maximum Gasteiger partial charge on any atom is 0.343 e. The third-order valence-corrected chi connectivity index (χ3v) is 7.61. The first-order valence-electron chi connectivity index (χ1n) is 13.2. The summed E-state index contributed by atoms with van der Waals surface area (Å²) >= 11 is 0. The van der Waals surface area contributed by atoms with Crippen LogP contribution in [0.4, 0.5) is 4.39 Å². The van der Waals surface area contributed by atoms with Crippen LogP contribution in [-0.2, 0) is 58.1 Å². The van der Waals surface area contributed by atoms with Gasteiger partial charge in [-0.15, -0.1) is 0 Å². The number of aliphatic hydroxyl groups is 1. The van der Waals surface area contributed by atoms with E-state index in [1.54, 1.807) is 30.9 Å². The molecule has 0 spiro atoms. The van der Waals surface area contributed by atoms with Gasteiger partial charge in [0.2, 0.25) is 0 Å². The fourth-order valence-corrected chi connectivity index (χ4v) is 5.77. The van der Waals surface area contributed by atoms with Crippen LogP contribution < -0.4 is 10.9 Å². The number of amides is 1. The van der Waals surface area contributed by atoms with Crippen molar-refractivity contribution in [3.05, 3.63) is 61.7 Å². The van der Waals surface area contributed by atoms with Crippen molar-refractivity contribution >= 4 is 31.1 Å². The van der Waals surface area contributed by atoms with E-state index in [-0.39, 0.29) is 97.8 Å². The number of hydrogen-bond acceptors (Lipinski definition) is 6. The number of aromatic nitrogens is 2. The number of hydrogen-bond donors (Lipinski definition) is 2. The number of pyridine rings is 2.